The van der Waals surface area contributed by atoms with E-state index in [-0.39, 0.29) is 17.6 Å². The van der Waals surface area contributed by atoms with Crippen LogP contribution in [0.3, 0.4) is 0 Å². The molecule has 3 N–H and O–H groups in total. The van der Waals surface area contributed by atoms with Crippen molar-refractivity contribution in [3.05, 3.63) is 93.3 Å². The molecule has 1 aliphatic heterocycles. The normalized spacial score (nSPS) is 14.7. The molecule has 1 unspecified atom stereocenters. The number of H-pyrrole nitrogens is 1. The average molecular weight is 484 g/mol. The van der Waals surface area contributed by atoms with Crippen molar-refractivity contribution >= 4 is 52.3 Å². The predicted octanol–water partition coefficient (Wildman–Crippen LogP) is 4.96. The summed E-state index contributed by atoms with van der Waals surface area (Å²) in [6.45, 7) is 1.48. The highest BCUT2D eigenvalue weighted by Crippen LogP contribution is 2.33. The van der Waals surface area contributed by atoms with Gasteiger partial charge in [-0.25, -0.2) is 4.99 Å². The lowest BCUT2D eigenvalue weighted by Gasteiger charge is -2.08. The Labute approximate surface area is 205 Å². The molecule has 1 aliphatic rings. The number of hydrogen-bond acceptors (Lipinski definition) is 6. The second-order valence-corrected chi connectivity index (χ2v) is 9.24. The first-order chi connectivity index (χ1) is 17.0. The monoisotopic (exact) mass is 483 g/mol. The number of aromatic nitrogens is 2. The minimum atomic E-state index is -0.466. The van der Waals surface area contributed by atoms with E-state index in [1.165, 1.54) is 18.3 Å². The fourth-order valence-electron chi connectivity index (χ4n) is 3.85. The van der Waals surface area contributed by atoms with Crippen LogP contribution in [0.2, 0.25) is 0 Å². The molecule has 5 rings (SSSR count). The van der Waals surface area contributed by atoms with Crippen molar-refractivity contribution in [2.75, 3.05) is 10.6 Å². The Bertz CT molecular complexity index is 1440. The highest BCUT2D eigenvalue weighted by Gasteiger charge is 2.29. The number of carbonyl (C=O) groups is 3. The molecular weight excluding hydrogens is 462 g/mol. The van der Waals surface area contributed by atoms with Gasteiger partial charge in [-0.2, -0.15) is 5.10 Å². The first-order valence-electron chi connectivity index (χ1n) is 10.9. The lowest BCUT2D eigenvalue weighted by molar-refractivity contribution is -0.115. The van der Waals surface area contributed by atoms with Crippen molar-refractivity contribution in [1.29, 1.82) is 0 Å². The molecule has 1 atom stereocenters. The van der Waals surface area contributed by atoms with Gasteiger partial charge in [0.25, 0.3) is 5.91 Å². The zero-order valence-electron chi connectivity index (χ0n) is 18.7. The van der Waals surface area contributed by atoms with Gasteiger partial charge in [0, 0.05) is 23.7 Å². The average Bonchev–Trinajstić information content (AvgIpc) is 3.59. The van der Waals surface area contributed by atoms with E-state index in [0.717, 1.165) is 22.4 Å². The molecule has 0 bridgehead atoms. The Balaban J connectivity index is 1.26. The van der Waals surface area contributed by atoms with Crippen LogP contribution in [0, 0.1) is 0 Å². The Morgan fingerprint density at radius 2 is 1.83 bits per heavy atom. The highest BCUT2D eigenvalue weighted by molar-refractivity contribution is 7.16. The van der Waals surface area contributed by atoms with Gasteiger partial charge in [0.05, 0.1) is 16.0 Å². The molecule has 2 amide bonds. The molecule has 2 aromatic carbocycles. The maximum Gasteiger partial charge on any atom is 0.265 e. The van der Waals surface area contributed by atoms with E-state index in [1.807, 2.05) is 42.5 Å². The van der Waals surface area contributed by atoms with Crippen LogP contribution >= 0.6 is 11.3 Å². The van der Waals surface area contributed by atoms with Crippen molar-refractivity contribution in [3.63, 3.8) is 0 Å². The third kappa shape index (κ3) is 4.95. The lowest BCUT2D eigenvalue weighted by atomic mass is 9.96. The van der Waals surface area contributed by atoms with E-state index in [4.69, 9.17) is 0 Å². The second kappa shape index (κ2) is 9.47. The summed E-state index contributed by atoms with van der Waals surface area (Å²) in [5.74, 6) is -0.281. The van der Waals surface area contributed by atoms with E-state index in [0.29, 0.717) is 27.7 Å². The van der Waals surface area contributed by atoms with E-state index in [1.54, 1.807) is 30.6 Å². The maximum atomic E-state index is 12.5. The van der Waals surface area contributed by atoms with Crippen LogP contribution in [0.25, 0.3) is 0 Å². The number of nitrogens with zero attached hydrogens (tertiary/aromatic N) is 2. The molecular formula is C26H21N5O3S. The fourth-order valence-corrected chi connectivity index (χ4v) is 4.65. The van der Waals surface area contributed by atoms with Crippen LogP contribution in [0.15, 0.2) is 71.9 Å². The molecule has 0 fully saturated rings. The number of amides is 2. The highest BCUT2D eigenvalue weighted by atomic mass is 32.1. The summed E-state index contributed by atoms with van der Waals surface area (Å²) in [4.78, 5) is 41.7. The number of rotatable bonds is 7. The van der Waals surface area contributed by atoms with Crippen molar-refractivity contribution in [2.24, 2.45) is 4.99 Å². The number of aliphatic imine (C=N–C) groups is 1. The zero-order chi connectivity index (χ0) is 24.4. The number of aromatic amines is 1. The van der Waals surface area contributed by atoms with Crippen LogP contribution in [-0.4, -0.2) is 34.0 Å². The summed E-state index contributed by atoms with van der Waals surface area (Å²) >= 11 is 1.18. The number of anilines is 2. The van der Waals surface area contributed by atoms with Gasteiger partial charge < -0.3 is 10.6 Å². The molecule has 0 spiro atoms. The van der Waals surface area contributed by atoms with E-state index < -0.39 is 5.92 Å². The smallest absolute Gasteiger partial charge is 0.265 e. The lowest BCUT2D eigenvalue weighted by Crippen LogP contribution is -2.12. The number of carbonyl (C=O) groups excluding carboxylic acids is 3. The van der Waals surface area contributed by atoms with Crippen molar-refractivity contribution in [1.82, 2.24) is 10.2 Å². The van der Waals surface area contributed by atoms with Gasteiger partial charge in [0.1, 0.15) is 11.7 Å². The van der Waals surface area contributed by atoms with Crippen molar-refractivity contribution in [3.8, 4) is 0 Å². The summed E-state index contributed by atoms with van der Waals surface area (Å²) in [6.07, 6.45) is 3.91. The van der Waals surface area contributed by atoms with Crippen LogP contribution in [-0.2, 0) is 11.2 Å². The largest absolute Gasteiger partial charge is 0.325 e. The number of hydrogen-bond donors (Lipinski definition) is 3. The summed E-state index contributed by atoms with van der Waals surface area (Å²) in [5.41, 5.74) is 4.49. The standard InChI is InChI=1S/C26H21N5O3S/c1-15(32)22-8-9-23(35-22)26(34)29-18-5-2-16(3-6-18)12-17-4-7-21-19(13-17)20(25(33)30-21)14-27-24-10-11-28-31-24/h2-11,13-14,20H,12H2,1H3,(H,28,31)(H,29,34)(H,30,33). The van der Waals surface area contributed by atoms with Gasteiger partial charge in [0.15, 0.2) is 5.78 Å². The molecule has 4 aromatic rings. The number of fused-ring (bicyclic) bond motifs is 1. The number of nitrogens with one attached hydrogen (secondary N) is 3. The Morgan fingerprint density at radius 3 is 2.54 bits per heavy atom. The predicted molar refractivity (Wildman–Crippen MR) is 136 cm³/mol. The van der Waals surface area contributed by atoms with Crippen molar-refractivity contribution < 1.29 is 14.4 Å². The molecule has 8 nitrogen and oxygen atoms in total. The third-order valence-electron chi connectivity index (χ3n) is 5.64. The molecule has 2 aromatic heterocycles. The molecule has 9 heteroatoms. The van der Waals surface area contributed by atoms with Gasteiger partial charge in [-0.3, -0.25) is 19.5 Å². The zero-order valence-corrected chi connectivity index (χ0v) is 19.6. The molecule has 3 heterocycles. The Hall–Kier alpha value is -4.37. The number of ketones is 1. The van der Waals surface area contributed by atoms with Gasteiger partial charge >= 0.3 is 0 Å². The SMILES string of the molecule is CC(=O)c1ccc(C(=O)Nc2ccc(Cc3ccc4c(c3)C(C=Nc3ccn[nH]3)C(=O)N4)cc2)s1. The quantitative estimate of drug-likeness (QED) is 0.255. The number of thiophene rings is 1. The van der Waals surface area contributed by atoms with Crippen LogP contribution in [0.5, 0.6) is 0 Å². The van der Waals surface area contributed by atoms with Crippen LogP contribution in [0.1, 0.15) is 48.9 Å². The minimum absolute atomic E-state index is 0.0541. The third-order valence-corrected chi connectivity index (χ3v) is 6.82. The molecule has 35 heavy (non-hydrogen) atoms. The summed E-state index contributed by atoms with van der Waals surface area (Å²) in [7, 11) is 0. The first kappa shape index (κ1) is 22.4. The summed E-state index contributed by atoms with van der Waals surface area (Å²) in [6, 6.07) is 18.6. The van der Waals surface area contributed by atoms with Crippen molar-refractivity contribution in [2.45, 2.75) is 19.3 Å². The van der Waals surface area contributed by atoms with Gasteiger partial charge in [-0.15, -0.1) is 11.3 Å². The molecule has 0 radical (unpaired) electrons. The fraction of sp³-hybridized carbons (Fsp3) is 0.115. The van der Waals surface area contributed by atoms with Gasteiger partial charge in [-0.1, -0.05) is 24.3 Å². The van der Waals surface area contributed by atoms with Crippen LogP contribution < -0.4 is 10.6 Å². The van der Waals surface area contributed by atoms with E-state index >= 15 is 0 Å². The first-order valence-corrected chi connectivity index (χ1v) is 11.8. The van der Waals surface area contributed by atoms with E-state index in [9.17, 15) is 14.4 Å². The molecule has 0 saturated heterocycles. The topological polar surface area (TPSA) is 116 Å². The van der Waals surface area contributed by atoms with Gasteiger partial charge in [0.2, 0.25) is 5.91 Å². The maximum absolute atomic E-state index is 12.5. The number of Topliss-reactive ketones (excluding diaryl/α,β-unsaturated/α-hetero) is 1. The van der Waals surface area contributed by atoms with Gasteiger partial charge in [-0.05, 0) is 60.4 Å². The van der Waals surface area contributed by atoms with Crippen LogP contribution in [0.4, 0.5) is 17.2 Å². The molecule has 174 valence electrons. The summed E-state index contributed by atoms with van der Waals surface area (Å²) in [5, 5.41) is 12.4. The summed E-state index contributed by atoms with van der Waals surface area (Å²) < 4.78 is 0. The minimum Gasteiger partial charge on any atom is -0.325 e. The second-order valence-electron chi connectivity index (χ2n) is 8.16. The Morgan fingerprint density at radius 1 is 1.06 bits per heavy atom. The molecule has 0 aliphatic carbocycles. The Kier molecular flexibility index (Phi) is 6.07. The number of benzene rings is 2. The molecule has 0 saturated carbocycles. The van der Waals surface area contributed by atoms with E-state index in [2.05, 4.69) is 25.8 Å².